The summed E-state index contributed by atoms with van der Waals surface area (Å²) in [5.41, 5.74) is 2.23. The smallest absolute Gasteiger partial charge is 0.320 e. The predicted molar refractivity (Wildman–Crippen MR) is 80.7 cm³/mol. The van der Waals surface area contributed by atoms with Crippen molar-refractivity contribution in [2.45, 2.75) is 25.4 Å². The Morgan fingerprint density at radius 2 is 2.05 bits per heavy atom. The van der Waals surface area contributed by atoms with Gasteiger partial charge < -0.3 is 5.11 Å². The molecule has 114 valence electrons. The van der Waals surface area contributed by atoms with Gasteiger partial charge in [-0.3, -0.25) is 14.7 Å². The molecule has 1 N–H and O–H groups in total. The van der Waals surface area contributed by atoms with E-state index in [0.29, 0.717) is 25.1 Å². The van der Waals surface area contributed by atoms with Gasteiger partial charge in [0.25, 0.3) is 0 Å². The number of halogens is 1. The lowest BCUT2D eigenvalue weighted by atomic mass is 10.0. The number of hydrogen-bond acceptors (Lipinski definition) is 3. The first kappa shape index (κ1) is 14.7. The van der Waals surface area contributed by atoms with Gasteiger partial charge in [-0.15, -0.1) is 0 Å². The van der Waals surface area contributed by atoms with Crippen LogP contribution < -0.4 is 0 Å². The Labute approximate surface area is 128 Å². The van der Waals surface area contributed by atoms with E-state index in [2.05, 4.69) is 4.98 Å². The third kappa shape index (κ3) is 2.99. The van der Waals surface area contributed by atoms with E-state index in [-0.39, 0.29) is 5.82 Å². The van der Waals surface area contributed by atoms with E-state index in [1.807, 2.05) is 23.1 Å². The first-order valence-electron chi connectivity index (χ1n) is 7.31. The Kier molecular flexibility index (Phi) is 4.15. The quantitative estimate of drug-likeness (QED) is 0.943. The maximum atomic E-state index is 14.3. The zero-order chi connectivity index (χ0) is 15.5. The van der Waals surface area contributed by atoms with Crippen molar-refractivity contribution in [3.63, 3.8) is 0 Å². The summed E-state index contributed by atoms with van der Waals surface area (Å²) in [6, 6.07) is 8.25. The monoisotopic (exact) mass is 300 g/mol. The Bertz CT molecular complexity index is 676. The molecule has 1 aromatic carbocycles. The lowest BCUT2D eigenvalue weighted by Crippen LogP contribution is -2.35. The minimum absolute atomic E-state index is 0.301. The van der Waals surface area contributed by atoms with Gasteiger partial charge >= 0.3 is 5.97 Å². The maximum Gasteiger partial charge on any atom is 0.320 e. The highest BCUT2D eigenvalue weighted by Gasteiger charge is 2.30. The van der Waals surface area contributed by atoms with Crippen LogP contribution in [0.4, 0.5) is 4.39 Å². The van der Waals surface area contributed by atoms with E-state index in [9.17, 15) is 14.3 Å². The van der Waals surface area contributed by atoms with Crippen LogP contribution in [0.5, 0.6) is 0 Å². The molecule has 0 bridgehead atoms. The summed E-state index contributed by atoms with van der Waals surface area (Å²) in [7, 11) is 0. The average molecular weight is 300 g/mol. The van der Waals surface area contributed by atoms with Crippen molar-refractivity contribution in [2.75, 3.05) is 6.54 Å². The molecule has 4 nitrogen and oxygen atoms in total. The van der Waals surface area contributed by atoms with Crippen LogP contribution in [0.15, 0.2) is 42.7 Å². The normalized spacial score (nSPS) is 18.5. The first-order valence-corrected chi connectivity index (χ1v) is 7.31. The molecule has 1 atom stereocenters. The summed E-state index contributed by atoms with van der Waals surface area (Å²) in [4.78, 5) is 17.0. The van der Waals surface area contributed by atoms with Gasteiger partial charge in [0.05, 0.1) is 0 Å². The van der Waals surface area contributed by atoms with Gasteiger partial charge in [0, 0.05) is 24.5 Å². The van der Waals surface area contributed by atoms with Crippen molar-refractivity contribution in [1.29, 1.82) is 0 Å². The zero-order valence-corrected chi connectivity index (χ0v) is 12.1. The molecule has 0 amide bonds. The number of carboxylic acids is 1. The average Bonchev–Trinajstić information content (AvgIpc) is 2.98. The minimum Gasteiger partial charge on any atom is -0.480 e. The van der Waals surface area contributed by atoms with Gasteiger partial charge in [-0.25, -0.2) is 4.39 Å². The second kappa shape index (κ2) is 6.23. The van der Waals surface area contributed by atoms with Gasteiger partial charge in [0.15, 0.2) is 0 Å². The van der Waals surface area contributed by atoms with Gasteiger partial charge in [-0.1, -0.05) is 12.1 Å². The van der Waals surface area contributed by atoms with Crippen LogP contribution in [0.3, 0.4) is 0 Å². The van der Waals surface area contributed by atoms with E-state index in [1.165, 1.54) is 6.07 Å². The Balaban J connectivity index is 1.80. The molecule has 1 aliphatic heterocycles. The van der Waals surface area contributed by atoms with Crippen LogP contribution in [-0.2, 0) is 11.3 Å². The molecular formula is C17H17FN2O2. The maximum absolute atomic E-state index is 14.3. The van der Waals surface area contributed by atoms with Crippen molar-refractivity contribution >= 4 is 5.97 Å². The third-order valence-electron chi connectivity index (χ3n) is 4.09. The molecule has 1 fully saturated rings. The van der Waals surface area contributed by atoms with Crippen LogP contribution in [-0.4, -0.2) is 33.5 Å². The fourth-order valence-corrected chi connectivity index (χ4v) is 2.91. The van der Waals surface area contributed by atoms with Crippen molar-refractivity contribution < 1.29 is 14.3 Å². The summed E-state index contributed by atoms with van der Waals surface area (Å²) in [6.45, 7) is 1.03. The third-order valence-corrected chi connectivity index (χ3v) is 4.09. The molecule has 1 unspecified atom stereocenters. The number of aliphatic carboxylic acids is 1. The molecular weight excluding hydrogens is 283 g/mol. The van der Waals surface area contributed by atoms with E-state index < -0.39 is 12.0 Å². The summed E-state index contributed by atoms with van der Waals surface area (Å²) in [6.07, 6.45) is 4.81. The second-order valence-corrected chi connectivity index (χ2v) is 5.51. The van der Waals surface area contributed by atoms with E-state index in [1.54, 1.807) is 18.5 Å². The van der Waals surface area contributed by atoms with Crippen LogP contribution in [0, 0.1) is 5.82 Å². The summed E-state index contributed by atoms with van der Waals surface area (Å²) in [5, 5.41) is 9.18. The van der Waals surface area contributed by atoms with Gasteiger partial charge in [0.1, 0.15) is 11.9 Å². The molecule has 1 aromatic heterocycles. The minimum atomic E-state index is -0.827. The number of pyridine rings is 1. The second-order valence-electron chi connectivity index (χ2n) is 5.51. The zero-order valence-electron chi connectivity index (χ0n) is 12.1. The SMILES string of the molecule is O=C(O)C1CCCN1Cc1ccc(-c2ccncc2)cc1F. The van der Waals surface area contributed by atoms with Gasteiger partial charge in [0.2, 0.25) is 0 Å². The Morgan fingerprint density at radius 1 is 1.27 bits per heavy atom. The number of nitrogens with zero attached hydrogens (tertiary/aromatic N) is 2. The van der Waals surface area contributed by atoms with Crippen molar-refractivity contribution in [3.8, 4) is 11.1 Å². The Morgan fingerprint density at radius 3 is 2.73 bits per heavy atom. The van der Waals surface area contributed by atoms with Crippen LogP contribution in [0.2, 0.25) is 0 Å². The number of aromatic nitrogens is 1. The summed E-state index contributed by atoms with van der Waals surface area (Å²) >= 11 is 0. The molecule has 22 heavy (non-hydrogen) atoms. The molecule has 0 radical (unpaired) electrons. The number of carboxylic acid groups (broad SMARTS) is 1. The largest absolute Gasteiger partial charge is 0.480 e. The molecule has 2 aromatic rings. The molecule has 1 saturated heterocycles. The highest BCUT2D eigenvalue weighted by molar-refractivity contribution is 5.73. The van der Waals surface area contributed by atoms with Gasteiger partial charge in [-0.2, -0.15) is 0 Å². The fourth-order valence-electron chi connectivity index (χ4n) is 2.91. The molecule has 1 aliphatic rings. The number of benzene rings is 1. The standard InChI is InChI=1S/C17H17FN2O2/c18-15-10-13(12-5-7-19-8-6-12)3-4-14(15)11-20-9-1-2-16(20)17(21)22/h3-8,10,16H,1-2,9,11H2,(H,21,22). The summed E-state index contributed by atoms with van der Waals surface area (Å²) < 4.78 is 14.3. The first-order chi connectivity index (χ1) is 10.6. The summed E-state index contributed by atoms with van der Waals surface area (Å²) in [5.74, 6) is -1.13. The predicted octanol–water partition coefficient (Wildman–Crippen LogP) is 2.94. The number of hydrogen-bond donors (Lipinski definition) is 1. The van der Waals surface area contributed by atoms with Crippen molar-refractivity contribution in [2.24, 2.45) is 0 Å². The lowest BCUT2D eigenvalue weighted by Gasteiger charge is -2.21. The highest BCUT2D eigenvalue weighted by Crippen LogP contribution is 2.25. The number of likely N-dealkylation sites (tertiary alicyclic amines) is 1. The molecule has 5 heteroatoms. The van der Waals surface area contributed by atoms with Crippen LogP contribution in [0.25, 0.3) is 11.1 Å². The highest BCUT2D eigenvalue weighted by atomic mass is 19.1. The van der Waals surface area contributed by atoms with E-state index in [4.69, 9.17) is 0 Å². The van der Waals surface area contributed by atoms with Crippen LogP contribution >= 0.6 is 0 Å². The van der Waals surface area contributed by atoms with E-state index >= 15 is 0 Å². The molecule has 0 spiro atoms. The number of rotatable bonds is 4. The molecule has 2 heterocycles. The van der Waals surface area contributed by atoms with Crippen molar-refractivity contribution in [1.82, 2.24) is 9.88 Å². The molecule has 0 aliphatic carbocycles. The fraction of sp³-hybridized carbons (Fsp3) is 0.294. The van der Waals surface area contributed by atoms with E-state index in [0.717, 1.165) is 17.5 Å². The van der Waals surface area contributed by atoms with Gasteiger partial charge in [-0.05, 0) is 48.7 Å². The lowest BCUT2D eigenvalue weighted by molar-refractivity contribution is -0.142. The van der Waals surface area contributed by atoms with Crippen LogP contribution in [0.1, 0.15) is 18.4 Å². The number of carbonyl (C=O) groups is 1. The van der Waals surface area contributed by atoms with Crippen molar-refractivity contribution in [3.05, 3.63) is 54.1 Å². The molecule has 0 saturated carbocycles. The Hall–Kier alpha value is -2.27. The topological polar surface area (TPSA) is 53.4 Å². The molecule has 3 rings (SSSR count).